The topological polar surface area (TPSA) is 153 Å². The second-order valence-corrected chi connectivity index (χ2v) is 10.5. The van der Waals surface area contributed by atoms with Crippen LogP contribution >= 0.6 is 11.8 Å². The highest BCUT2D eigenvalue weighted by Gasteiger charge is 2.60. The number of nitrogens with one attached hydrogen (secondary N) is 1. The molecule has 1 amide bonds. The molecule has 0 aromatic carbocycles. The van der Waals surface area contributed by atoms with Gasteiger partial charge in [0.2, 0.25) is 5.91 Å². The summed E-state index contributed by atoms with van der Waals surface area (Å²) in [5.74, 6) is -2.26. The highest BCUT2D eigenvalue weighted by atomic mass is 32.2. The van der Waals surface area contributed by atoms with E-state index in [4.69, 9.17) is 5.14 Å². The Morgan fingerprint density at radius 3 is 2.64 bits per heavy atom. The van der Waals surface area contributed by atoms with E-state index in [1.807, 2.05) is 18.9 Å². The molecular formula is C16H26N4O6S2. The van der Waals surface area contributed by atoms with Gasteiger partial charge in [-0.2, -0.15) is 8.42 Å². The van der Waals surface area contributed by atoms with Crippen LogP contribution < -0.4 is 9.86 Å². The Bertz CT molecular complexity index is 814. The minimum absolute atomic E-state index is 0.0122. The second-order valence-electron chi connectivity index (χ2n) is 7.73. The van der Waals surface area contributed by atoms with Gasteiger partial charge >= 0.3 is 5.97 Å². The summed E-state index contributed by atoms with van der Waals surface area (Å²) in [4.78, 5) is 28.2. The lowest BCUT2D eigenvalue weighted by molar-refractivity contribution is -0.163. The molecule has 5 N–H and O–H groups in total. The molecule has 6 unspecified atom stereocenters. The van der Waals surface area contributed by atoms with Gasteiger partial charge in [0.25, 0.3) is 10.2 Å². The number of thioether (sulfide) groups is 1. The third-order valence-electron chi connectivity index (χ3n) is 5.77. The molecule has 3 aliphatic rings. The molecule has 6 atom stereocenters. The van der Waals surface area contributed by atoms with Crippen LogP contribution in [0.1, 0.15) is 20.3 Å². The average Bonchev–Trinajstić information content (AvgIpc) is 3.01. The number of nitrogens with two attached hydrogens (primary N) is 1. The van der Waals surface area contributed by atoms with Crippen molar-refractivity contribution < 1.29 is 28.2 Å². The van der Waals surface area contributed by atoms with E-state index in [0.717, 1.165) is 0 Å². The third kappa shape index (κ3) is 3.81. The van der Waals surface area contributed by atoms with Gasteiger partial charge in [0.05, 0.1) is 18.1 Å². The molecule has 0 bridgehead atoms. The summed E-state index contributed by atoms with van der Waals surface area (Å²) in [5, 5.41) is 24.6. The number of carboxylic acid groups (broad SMARTS) is 1. The van der Waals surface area contributed by atoms with Crippen molar-refractivity contribution in [1.29, 1.82) is 0 Å². The van der Waals surface area contributed by atoms with E-state index >= 15 is 0 Å². The molecule has 28 heavy (non-hydrogen) atoms. The minimum Gasteiger partial charge on any atom is -0.477 e. The van der Waals surface area contributed by atoms with Gasteiger partial charge in [-0.25, -0.2) is 14.7 Å². The average molecular weight is 435 g/mol. The lowest BCUT2D eigenvalue weighted by Crippen LogP contribution is -2.63. The number of fused-ring (bicyclic) bond motifs is 1. The van der Waals surface area contributed by atoms with E-state index in [2.05, 4.69) is 4.72 Å². The van der Waals surface area contributed by atoms with Crippen LogP contribution in [0.3, 0.4) is 0 Å². The number of likely N-dealkylation sites (N-methyl/N-ethyl adjacent to an activating group) is 1. The van der Waals surface area contributed by atoms with Crippen molar-refractivity contribution in [3.05, 3.63) is 10.6 Å². The Morgan fingerprint density at radius 1 is 1.46 bits per heavy atom. The van der Waals surface area contributed by atoms with Crippen LogP contribution in [0, 0.1) is 11.8 Å². The molecule has 0 aromatic heterocycles. The molecule has 12 heteroatoms. The van der Waals surface area contributed by atoms with Gasteiger partial charge in [0.1, 0.15) is 5.70 Å². The van der Waals surface area contributed by atoms with Crippen molar-refractivity contribution >= 4 is 33.8 Å². The zero-order chi connectivity index (χ0) is 21.0. The number of nitrogens with zero attached hydrogens (tertiary/aromatic N) is 2. The zero-order valence-electron chi connectivity index (χ0n) is 15.9. The second kappa shape index (κ2) is 7.58. The first kappa shape index (κ1) is 21.5. The van der Waals surface area contributed by atoms with E-state index in [-0.39, 0.29) is 41.4 Å². The van der Waals surface area contributed by atoms with E-state index in [0.29, 0.717) is 17.9 Å². The van der Waals surface area contributed by atoms with Crippen LogP contribution in [0.5, 0.6) is 0 Å². The standard InChI is InChI=1S/C16H26N4O6S2/c1-7-12-11(8(2)21)15(22)20(12)13(16(23)24)14(7)27-10-4-9(19(3)6-10)5-18-28(17,25)26/h7-12,18,21H,4-6H2,1-3H3,(H,23,24)(H2,17,25,26). The third-order valence-corrected chi connectivity index (χ3v) is 7.84. The molecule has 0 saturated carbocycles. The van der Waals surface area contributed by atoms with Crippen LogP contribution in [0.25, 0.3) is 0 Å². The van der Waals surface area contributed by atoms with Gasteiger partial charge < -0.3 is 20.0 Å². The molecule has 3 rings (SSSR count). The molecular weight excluding hydrogens is 408 g/mol. The number of aliphatic carboxylic acids is 1. The Kier molecular flexibility index (Phi) is 5.82. The minimum atomic E-state index is -3.77. The number of rotatable bonds is 7. The van der Waals surface area contributed by atoms with Gasteiger partial charge in [-0.15, -0.1) is 11.8 Å². The first-order valence-electron chi connectivity index (χ1n) is 9.05. The molecule has 3 aliphatic heterocycles. The number of carbonyl (C=O) groups is 2. The Labute approximate surface area is 168 Å². The molecule has 0 aliphatic carbocycles. The van der Waals surface area contributed by atoms with Gasteiger partial charge in [-0.3, -0.25) is 4.79 Å². The number of aliphatic hydroxyl groups is 1. The molecule has 3 heterocycles. The maximum Gasteiger partial charge on any atom is 0.353 e. The van der Waals surface area contributed by atoms with E-state index in [1.54, 1.807) is 6.92 Å². The Hall–Kier alpha value is -1.18. The number of aliphatic hydroxyl groups excluding tert-OH is 1. The number of carbonyl (C=O) groups excluding carboxylic acids is 1. The van der Waals surface area contributed by atoms with Crippen molar-refractivity contribution in [2.75, 3.05) is 20.1 Å². The van der Waals surface area contributed by atoms with Gasteiger partial charge in [-0.05, 0) is 20.4 Å². The zero-order valence-corrected chi connectivity index (χ0v) is 17.5. The Morgan fingerprint density at radius 2 is 2.11 bits per heavy atom. The normalized spacial score (nSPS) is 34.5. The Balaban J connectivity index is 1.75. The monoisotopic (exact) mass is 434 g/mol. The molecule has 2 saturated heterocycles. The summed E-state index contributed by atoms with van der Waals surface area (Å²) >= 11 is 1.44. The summed E-state index contributed by atoms with van der Waals surface area (Å²) in [6.45, 7) is 4.27. The molecule has 0 radical (unpaired) electrons. The fourth-order valence-corrected chi connectivity index (χ4v) is 6.49. The number of amides is 1. The first-order valence-corrected chi connectivity index (χ1v) is 11.5. The van der Waals surface area contributed by atoms with E-state index in [1.165, 1.54) is 16.7 Å². The van der Waals surface area contributed by atoms with Gasteiger partial charge in [0.15, 0.2) is 0 Å². The number of hydrogen-bond donors (Lipinski definition) is 4. The van der Waals surface area contributed by atoms with Crippen molar-refractivity contribution in [2.45, 2.75) is 43.7 Å². The highest BCUT2D eigenvalue weighted by Crippen LogP contribution is 2.52. The summed E-state index contributed by atoms with van der Waals surface area (Å²) in [5.41, 5.74) is 0.0122. The van der Waals surface area contributed by atoms with Crippen LogP contribution in [-0.2, 0) is 19.8 Å². The number of hydrogen-bond acceptors (Lipinski definition) is 7. The van der Waals surface area contributed by atoms with Crippen LogP contribution in [0.15, 0.2) is 10.6 Å². The smallest absolute Gasteiger partial charge is 0.353 e. The molecule has 10 nitrogen and oxygen atoms in total. The van der Waals surface area contributed by atoms with Crippen LogP contribution in [-0.4, -0.2) is 83.9 Å². The van der Waals surface area contributed by atoms with E-state index < -0.39 is 28.2 Å². The number of β-lactam (4-membered cyclic amide) rings is 1. The lowest BCUT2D eigenvalue weighted by atomic mass is 9.79. The summed E-state index contributed by atoms with van der Waals surface area (Å²) in [7, 11) is -1.89. The maximum absolute atomic E-state index is 12.4. The SMILES string of the molecule is CC(O)C1C(=O)N2C(C(=O)O)=C(SC3CC(CNS(N)(=O)=O)N(C)C3)C(C)C12. The summed E-state index contributed by atoms with van der Waals surface area (Å²) < 4.78 is 24.6. The van der Waals surface area contributed by atoms with Crippen LogP contribution in [0.2, 0.25) is 0 Å². The van der Waals surface area contributed by atoms with Crippen molar-refractivity contribution in [3.8, 4) is 0 Å². The van der Waals surface area contributed by atoms with Crippen molar-refractivity contribution in [1.82, 2.24) is 14.5 Å². The predicted molar refractivity (Wildman–Crippen MR) is 103 cm³/mol. The van der Waals surface area contributed by atoms with Gasteiger partial charge in [0, 0.05) is 35.2 Å². The number of carboxylic acids is 1. The fourth-order valence-electron chi connectivity index (χ4n) is 4.42. The number of likely N-dealkylation sites (tertiary alicyclic amines) is 1. The molecule has 0 spiro atoms. The fraction of sp³-hybridized carbons (Fsp3) is 0.750. The summed E-state index contributed by atoms with van der Waals surface area (Å²) in [6.07, 6.45) is -0.174. The van der Waals surface area contributed by atoms with Crippen LogP contribution in [0.4, 0.5) is 0 Å². The quantitative estimate of drug-likeness (QED) is 0.362. The molecule has 2 fully saturated rings. The highest BCUT2D eigenvalue weighted by molar-refractivity contribution is 8.03. The largest absolute Gasteiger partial charge is 0.477 e. The first-order chi connectivity index (χ1) is 12.9. The maximum atomic E-state index is 12.4. The van der Waals surface area contributed by atoms with Gasteiger partial charge in [-0.1, -0.05) is 6.92 Å². The van der Waals surface area contributed by atoms with Crippen molar-refractivity contribution in [3.63, 3.8) is 0 Å². The molecule has 158 valence electrons. The van der Waals surface area contributed by atoms with E-state index in [9.17, 15) is 28.2 Å². The predicted octanol–water partition coefficient (Wildman–Crippen LogP) is -1.26. The lowest BCUT2D eigenvalue weighted by Gasteiger charge is -2.46. The van der Waals surface area contributed by atoms with Crippen molar-refractivity contribution in [2.24, 2.45) is 17.0 Å². The summed E-state index contributed by atoms with van der Waals surface area (Å²) in [6, 6.07) is -0.384. The molecule has 0 aromatic rings.